The summed E-state index contributed by atoms with van der Waals surface area (Å²) in [6.07, 6.45) is 2.36. The Morgan fingerprint density at radius 1 is 1.40 bits per heavy atom. The number of thiol groups is 1. The van der Waals surface area contributed by atoms with E-state index in [4.69, 9.17) is 0 Å². The van der Waals surface area contributed by atoms with Gasteiger partial charge in [0, 0.05) is 16.9 Å². The van der Waals surface area contributed by atoms with Crippen molar-refractivity contribution in [3.8, 4) is 11.8 Å². The van der Waals surface area contributed by atoms with Gasteiger partial charge in [-0.25, -0.2) is 0 Å². The van der Waals surface area contributed by atoms with Crippen molar-refractivity contribution < 1.29 is 5.11 Å². The van der Waals surface area contributed by atoms with Crippen LogP contribution in [0, 0.1) is 11.8 Å². The zero-order chi connectivity index (χ0) is 11.1. The van der Waals surface area contributed by atoms with E-state index in [1.165, 1.54) is 0 Å². The molecule has 15 heavy (non-hydrogen) atoms. The second kappa shape index (κ2) is 6.55. The van der Waals surface area contributed by atoms with Gasteiger partial charge in [-0.3, -0.25) is 0 Å². The molecule has 1 unspecified atom stereocenters. The molecular weight excluding hydrogens is 204 g/mol. The molecule has 80 valence electrons. The maximum atomic E-state index is 9.78. The summed E-state index contributed by atoms with van der Waals surface area (Å²) >= 11 is 4.27. The van der Waals surface area contributed by atoms with E-state index in [1.54, 1.807) is 0 Å². The molecule has 2 heteroatoms. The fourth-order valence-electron chi connectivity index (χ4n) is 1.23. The van der Waals surface area contributed by atoms with Crippen LogP contribution in [0.4, 0.5) is 0 Å². The van der Waals surface area contributed by atoms with Crippen LogP contribution in [0.5, 0.6) is 0 Å². The molecule has 1 atom stereocenters. The second-order valence-corrected chi connectivity index (χ2v) is 3.87. The van der Waals surface area contributed by atoms with Crippen molar-refractivity contribution in [2.75, 3.05) is 0 Å². The van der Waals surface area contributed by atoms with Gasteiger partial charge in [-0.15, -0.1) is 18.5 Å². The highest BCUT2D eigenvalue weighted by Gasteiger charge is 2.05. The Hall–Kier alpha value is -0.910. The van der Waals surface area contributed by atoms with E-state index in [1.807, 2.05) is 24.3 Å². The van der Waals surface area contributed by atoms with Gasteiger partial charge in [0.1, 0.15) is 6.10 Å². The summed E-state index contributed by atoms with van der Waals surface area (Å²) < 4.78 is 0. The van der Waals surface area contributed by atoms with Gasteiger partial charge in [0.05, 0.1) is 0 Å². The average molecular weight is 220 g/mol. The summed E-state index contributed by atoms with van der Waals surface area (Å²) in [7, 11) is 0. The number of rotatable bonds is 3. The summed E-state index contributed by atoms with van der Waals surface area (Å²) in [6.45, 7) is 2.13. The number of hydrogen-bond donors (Lipinski definition) is 2. The molecule has 0 saturated carbocycles. The van der Waals surface area contributed by atoms with Crippen molar-refractivity contribution in [1.82, 2.24) is 0 Å². The molecule has 0 spiro atoms. The van der Waals surface area contributed by atoms with Crippen LogP contribution in [0.3, 0.4) is 0 Å². The Morgan fingerprint density at radius 3 is 2.80 bits per heavy atom. The summed E-state index contributed by atoms with van der Waals surface area (Å²) in [5.74, 6) is 5.81. The van der Waals surface area contributed by atoms with Crippen molar-refractivity contribution in [3.05, 3.63) is 29.8 Å². The zero-order valence-corrected chi connectivity index (χ0v) is 9.80. The fourth-order valence-corrected chi connectivity index (χ4v) is 1.51. The first-order valence-electron chi connectivity index (χ1n) is 5.20. The van der Waals surface area contributed by atoms with E-state index in [2.05, 4.69) is 31.4 Å². The zero-order valence-electron chi connectivity index (χ0n) is 8.90. The first kappa shape index (κ1) is 12.2. The number of aliphatic hydroxyl groups excluding tert-OH is 1. The maximum Gasteiger partial charge on any atom is 0.141 e. The minimum Gasteiger partial charge on any atom is -0.376 e. The number of hydrogen-bond acceptors (Lipinski definition) is 2. The molecule has 0 bridgehead atoms. The van der Waals surface area contributed by atoms with Crippen molar-refractivity contribution in [1.29, 1.82) is 0 Å². The number of unbranched alkanes of at least 4 members (excludes halogenated alkanes) is 2. The van der Waals surface area contributed by atoms with Crippen LogP contribution in [0.15, 0.2) is 29.2 Å². The van der Waals surface area contributed by atoms with Gasteiger partial charge in [-0.1, -0.05) is 37.5 Å². The highest BCUT2D eigenvalue weighted by molar-refractivity contribution is 7.80. The normalized spacial score (nSPS) is 11.7. The van der Waals surface area contributed by atoms with Gasteiger partial charge in [0.15, 0.2) is 0 Å². The molecule has 1 rings (SSSR count). The predicted molar refractivity (Wildman–Crippen MR) is 66.0 cm³/mol. The van der Waals surface area contributed by atoms with E-state index >= 15 is 0 Å². The molecule has 0 aliphatic rings. The summed E-state index contributed by atoms with van der Waals surface area (Å²) in [5.41, 5.74) is 0.782. The SMILES string of the molecule is CCCCC#CC(O)c1ccccc1S. The minimum atomic E-state index is -0.712. The third-order valence-corrected chi connectivity index (χ3v) is 2.53. The fraction of sp³-hybridized carbons (Fsp3) is 0.385. The van der Waals surface area contributed by atoms with Crippen LogP contribution in [0.2, 0.25) is 0 Å². The minimum absolute atomic E-state index is 0.712. The Kier molecular flexibility index (Phi) is 5.31. The van der Waals surface area contributed by atoms with Crippen molar-refractivity contribution in [2.45, 2.75) is 37.2 Å². The summed E-state index contributed by atoms with van der Waals surface area (Å²) in [4.78, 5) is 0.787. The number of aliphatic hydroxyl groups is 1. The molecule has 1 aromatic rings. The smallest absolute Gasteiger partial charge is 0.141 e. The van der Waals surface area contributed by atoms with Crippen LogP contribution >= 0.6 is 12.6 Å². The third-order valence-electron chi connectivity index (χ3n) is 2.13. The molecule has 1 aromatic carbocycles. The maximum absolute atomic E-state index is 9.78. The molecule has 1 nitrogen and oxygen atoms in total. The van der Waals surface area contributed by atoms with Crippen LogP contribution in [0.25, 0.3) is 0 Å². The molecule has 0 saturated heterocycles. The van der Waals surface area contributed by atoms with E-state index in [9.17, 15) is 5.11 Å². The van der Waals surface area contributed by atoms with Crippen molar-refractivity contribution in [2.24, 2.45) is 0 Å². The molecule has 0 aliphatic carbocycles. The lowest BCUT2D eigenvalue weighted by atomic mass is 10.1. The van der Waals surface area contributed by atoms with E-state index < -0.39 is 6.10 Å². The molecule has 0 aromatic heterocycles. The Bertz CT molecular complexity index is 362. The quantitative estimate of drug-likeness (QED) is 0.455. The highest BCUT2D eigenvalue weighted by atomic mass is 32.1. The molecule has 0 heterocycles. The lowest BCUT2D eigenvalue weighted by molar-refractivity contribution is 0.235. The Labute approximate surface area is 96.9 Å². The molecule has 0 amide bonds. The average Bonchev–Trinajstić information content (AvgIpc) is 2.25. The highest BCUT2D eigenvalue weighted by Crippen LogP contribution is 2.20. The monoisotopic (exact) mass is 220 g/mol. The summed E-state index contributed by atoms with van der Waals surface area (Å²) in [6, 6.07) is 7.48. The van der Waals surface area contributed by atoms with Gasteiger partial charge < -0.3 is 5.11 Å². The lowest BCUT2D eigenvalue weighted by Crippen LogP contribution is -1.94. The molecule has 0 aliphatic heterocycles. The standard InChI is InChI=1S/C13H16OS/c1-2-3-4-5-9-12(14)11-8-6-7-10-13(11)15/h6-8,10,12,14-15H,2-4H2,1H3. The van der Waals surface area contributed by atoms with Gasteiger partial charge in [0.2, 0.25) is 0 Å². The van der Waals surface area contributed by atoms with Gasteiger partial charge in [-0.05, 0) is 12.5 Å². The van der Waals surface area contributed by atoms with E-state index in [0.29, 0.717) is 0 Å². The largest absolute Gasteiger partial charge is 0.376 e. The van der Waals surface area contributed by atoms with E-state index in [0.717, 1.165) is 29.7 Å². The lowest BCUT2D eigenvalue weighted by Gasteiger charge is -2.05. The molecular formula is C13H16OS. The molecule has 0 radical (unpaired) electrons. The Morgan fingerprint density at radius 2 is 2.13 bits per heavy atom. The number of benzene rings is 1. The first-order valence-corrected chi connectivity index (χ1v) is 5.64. The van der Waals surface area contributed by atoms with Crippen LogP contribution in [0.1, 0.15) is 37.9 Å². The summed E-state index contributed by atoms with van der Waals surface area (Å²) in [5, 5.41) is 9.78. The predicted octanol–water partition coefficient (Wildman–Crippen LogP) is 3.20. The van der Waals surface area contributed by atoms with Crippen molar-refractivity contribution in [3.63, 3.8) is 0 Å². The topological polar surface area (TPSA) is 20.2 Å². The Balaban J connectivity index is 2.63. The molecule has 0 fully saturated rings. The first-order chi connectivity index (χ1) is 7.25. The third kappa shape index (κ3) is 3.99. The van der Waals surface area contributed by atoms with Crippen LogP contribution in [-0.4, -0.2) is 5.11 Å². The van der Waals surface area contributed by atoms with Crippen LogP contribution < -0.4 is 0 Å². The van der Waals surface area contributed by atoms with Crippen LogP contribution in [-0.2, 0) is 0 Å². The van der Waals surface area contributed by atoms with Gasteiger partial charge >= 0.3 is 0 Å². The molecule has 1 N–H and O–H groups in total. The van der Waals surface area contributed by atoms with E-state index in [-0.39, 0.29) is 0 Å². The van der Waals surface area contributed by atoms with Gasteiger partial charge in [-0.2, -0.15) is 0 Å². The second-order valence-electron chi connectivity index (χ2n) is 3.39. The van der Waals surface area contributed by atoms with Crippen molar-refractivity contribution >= 4 is 12.6 Å². The van der Waals surface area contributed by atoms with Gasteiger partial charge in [0.25, 0.3) is 0 Å².